The first-order chi connectivity index (χ1) is 70.2. The predicted octanol–water partition coefficient (Wildman–Crippen LogP) is 21.7. The summed E-state index contributed by atoms with van der Waals surface area (Å²) in [6.07, 6.45) is 18.8. The van der Waals surface area contributed by atoms with Gasteiger partial charge in [0.15, 0.2) is 0 Å². The Kier molecular flexibility index (Phi) is 35.3. The Morgan fingerprint density at radius 2 is 0.603 bits per heavy atom. The minimum absolute atomic E-state index is 0.226. The lowest BCUT2D eigenvalue weighted by Crippen LogP contribution is -2.16. The molecule has 0 aliphatic rings. The molecule has 30 nitrogen and oxygen atoms in total. The molecular weight excluding hydrogens is 1830 g/mol. The molecular formula is C116H112N22O8. The summed E-state index contributed by atoms with van der Waals surface area (Å²) in [5.41, 5.74) is 38.1. The number of nitrogen functional groups attached to an aromatic ring is 2. The van der Waals surface area contributed by atoms with Crippen LogP contribution in [0.4, 0.5) is 73.9 Å². The van der Waals surface area contributed by atoms with Gasteiger partial charge in [-0.05, 0) is 251 Å². The maximum absolute atomic E-state index is 13.1. The third kappa shape index (κ3) is 30.4. The molecule has 5 aromatic heterocycles. The van der Waals surface area contributed by atoms with Crippen LogP contribution in [-0.4, -0.2) is 100 Å². The van der Waals surface area contributed by atoms with Crippen LogP contribution in [0.25, 0.3) is 17.1 Å². The first-order valence-electron chi connectivity index (χ1n) is 46.4. The molecule has 30 heteroatoms. The van der Waals surface area contributed by atoms with Crippen molar-refractivity contribution >= 4 is 132 Å². The molecule has 0 spiro atoms. The normalized spacial score (nSPS) is 10.5. The molecule has 16 rings (SSSR count). The fraction of sp³-hybridized carbons (Fsp3) is 0.121. The number of carbonyl (C=O) groups excluding carboxylic acids is 7. The molecule has 14 N–H and O–H groups in total. The number of aromatic nitrogens is 9. The largest absolute Gasteiger partial charge is 0.399 e. The van der Waals surface area contributed by atoms with E-state index in [-0.39, 0.29) is 41.4 Å². The minimum Gasteiger partial charge on any atom is -0.399 e. The SMILES string of the molecule is C=C(Nc1ccc(C)c(C(=O)Nc2cnc(Cc3cccc(N)c3)nc2)c1)c1cccc(C)c1.C=CC(=O)Nc1cccc(Cc2ncc(NC(=O)c3cc(NC(=C)c4cccc(N(C)C)c4)ccc3C)cn2)c1.C=CC(=O)Nc1cccc(Cc2ncc(NC(=O)c3cc(NC(=C)c4cnoc4C)ccc3C)cn2)c1.Cc1cc(C)cc(C(=O)Nc2ccc(C)c(C(=O)Nc3cnc(Cc4cccc(N)c4)nc3)c2)c1. The molecule has 0 aliphatic heterocycles. The van der Waals surface area contributed by atoms with E-state index in [2.05, 4.69) is 143 Å². The second-order valence-electron chi connectivity index (χ2n) is 34.7. The van der Waals surface area contributed by atoms with Crippen molar-refractivity contribution in [2.45, 2.75) is 81.1 Å². The topological polar surface area (TPSA) is 424 Å². The molecule has 0 saturated carbocycles. The number of carbonyl (C=O) groups is 7. The van der Waals surface area contributed by atoms with E-state index < -0.39 is 0 Å². The fourth-order valence-corrected chi connectivity index (χ4v) is 15.1. The first kappa shape index (κ1) is 104. The van der Waals surface area contributed by atoms with Crippen LogP contribution in [0.3, 0.4) is 0 Å². The average Bonchev–Trinajstić information content (AvgIpc) is 0.991. The zero-order valence-corrected chi connectivity index (χ0v) is 82.6. The number of anilines is 13. The van der Waals surface area contributed by atoms with Crippen LogP contribution in [0.15, 0.2) is 342 Å². The van der Waals surface area contributed by atoms with E-state index in [9.17, 15) is 33.6 Å². The Bertz CT molecular complexity index is 7530. The standard InChI is InChI=1S/C32H32N6O2.C28H26N6O3.C28H27N5O2.C28H27N5O/c1-6-31(39)36-25-11-7-9-23(15-25)16-30-33-19-27(20-34-30)37-32(40)29-18-26(14-13-21(29)2)35-22(3)24-10-8-12-28(17-24)38(4)5;1-5-27(35)33-21-8-6-7-20(11-21)12-26-29-14-23(15-30-26)34-28(36)24-13-22(10-9-17(24)2)32-18(3)25-16-31-37-19(25)4;1-17-9-18(2)11-21(10-17)27(34)32-23-8-7-19(3)25(14-23)28(35)33-24-15-30-26(31-16-24)13-20-5-4-6-22(29)12-20;1-18-6-4-8-22(12-18)20(3)32-24-11-10-19(2)26(15-24)28(34)33-25-16-30-27(31-17-25)14-21-7-5-9-23(29)13-21/h6-15,17-20,35H,1,3,16H2,2,4-5H3,(H,36,39)(H,37,40);5-11,13-16,32H,1,3,12H2,2,4H3,(H,33,35)(H,34,36);4-12,14-16H,13,29H2,1-3H3,(H,32,34)(H,33,35);4-13,15-17,32H,3,14,29H2,1-2H3,(H,33,34). The van der Waals surface area contributed by atoms with Gasteiger partial charge in [0, 0.05) is 136 Å². The zero-order chi connectivity index (χ0) is 104. The summed E-state index contributed by atoms with van der Waals surface area (Å²) < 4.78 is 5.09. The predicted molar refractivity (Wildman–Crippen MR) is 583 cm³/mol. The molecule has 734 valence electrons. The van der Waals surface area contributed by atoms with Crippen molar-refractivity contribution in [1.82, 2.24) is 45.0 Å². The number of nitrogens with two attached hydrogens (primary N) is 2. The van der Waals surface area contributed by atoms with Gasteiger partial charge in [0.2, 0.25) is 11.8 Å². The summed E-state index contributed by atoms with van der Waals surface area (Å²) in [5, 5.41) is 33.4. The summed E-state index contributed by atoms with van der Waals surface area (Å²) in [6.45, 7) is 34.5. The number of aryl methyl sites for hydroxylation is 8. The lowest BCUT2D eigenvalue weighted by Gasteiger charge is -2.16. The number of rotatable bonds is 32. The maximum atomic E-state index is 13.1. The molecule has 0 aliphatic carbocycles. The Hall–Kier alpha value is -19.3. The van der Waals surface area contributed by atoms with Crippen molar-refractivity contribution in [1.29, 1.82) is 0 Å². The summed E-state index contributed by atoms with van der Waals surface area (Å²) in [4.78, 5) is 125. The molecule has 0 atom stereocenters. The van der Waals surface area contributed by atoms with Gasteiger partial charge >= 0.3 is 0 Å². The van der Waals surface area contributed by atoms with E-state index in [0.29, 0.717) is 145 Å². The molecule has 0 fully saturated rings. The van der Waals surface area contributed by atoms with E-state index in [1.807, 2.05) is 249 Å². The van der Waals surface area contributed by atoms with Gasteiger partial charge in [-0.3, -0.25) is 33.6 Å². The van der Waals surface area contributed by atoms with Crippen LogP contribution >= 0.6 is 0 Å². The lowest BCUT2D eigenvalue weighted by atomic mass is 10.1. The number of amides is 7. The first-order valence-corrected chi connectivity index (χ1v) is 46.4. The zero-order valence-electron chi connectivity index (χ0n) is 82.6. The van der Waals surface area contributed by atoms with Crippen LogP contribution in [0.5, 0.6) is 0 Å². The second kappa shape index (κ2) is 49.5. The van der Waals surface area contributed by atoms with Gasteiger partial charge in [-0.25, -0.2) is 39.9 Å². The van der Waals surface area contributed by atoms with E-state index in [4.69, 9.17) is 16.0 Å². The highest BCUT2D eigenvalue weighted by atomic mass is 16.5. The second-order valence-corrected chi connectivity index (χ2v) is 34.7. The molecule has 0 radical (unpaired) electrons. The molecule has 0 unspecified atom stereocenters. The van der Waals surface area contributed by atoms with E-state index in [0.717, 1.165) is 106 Å². The van der Waals surface area contributed by atoms with Gasteiger partial charge in [0.05, 0.1) is 84.1 Å². The molecule has 0 bridgehead atoms. The Labute approximate surface area is 847 Å². The smallest absolute Gasteiger partial charge is 0.256 e. The number of hydrogen-bond acceptors (Lipinski definition) is 23. The highest BCUT2D eigenvalue weighted by Crippen LogP contribution is 2.30. The molecule has 11 aromatic carbocycles. The summed E-state index contributed by atoms with van der Waals surface area (Å²) in [6, 6.07) is 73.9. The summed E-state index contributed by atoms with van der Waals surface area (Å²) >= 11 is 0. The maximum Gasteiger partial charge on any atom is 0.256 e. The van der Waals surface area contributed by atoms with Crippen LogP contribution in [0.2, 0.25) is 0 Å². The number of benzene rings is 11. The van der Waals surface area contributed by atoms with Crippen molar-refractivity contribution in [2.24, 2.45) is 0 Å². The Morgan fingerprint density at radius 3 is 0.938 bits per heavy atom. The van der Waals surface area contributed by atoms with Crippen molar-refractivity contribution in [3.05, 3.63) is 472 Å². The van der Waals surface area contributed by atoms with Gasteiger partial charge in [0.1, 0.15) is 29.1 Å². The number of nitrogens with zero attached hydrogens (tertiary/aromatic N) is 10. The van der Waals surface area contributed by atoms with Crippen LogP contribution in [0.1, 0.15) is 159 Å². The summed E-state index contributed by atoms with van der Waals surface area (Å²) in [7, 11) is 3.98. The van der Waals surface area contributed by atoms with E-state index in [1.165, 1.54) is 12.2 Å². The van der Waals surface area contributed by atoms with Gasteiger partial charge in [0.25, 0.3) is 29.5 Å². The number of nitrogens with one attached hydrogen (secondary N) is 10. The van der Waals surface area contributed by atoms with Crippen LogP contribution in [-0.2, 0) is 35.3 Å². The average molecular weight is 1940 g/mol. The highest BCUT2D eigenvalue weighted by molar-refractivity contribution is 6.10. The lowest BCUT2D eigenvalue weighted by molar-refractivity contribution is -0.112. The number of hydrogen-bond donors (Lipinski definition) is 12. The van der Waals surface area contributed by atoms with Gasteiger partial charge in [-0.1, -0.05) is 164 Å². The molecule has 16 aromatic rings. The van der Waals surface area contributed by atoms with Gasteiger partial charge < -0.3 is 74.1 Å². The molecule has 5 heterocycles. The monoisotopic (exact) mass is 1940 g/mol. The van der Waals surface area contributed by atoms with Crippen molar-refractivity contribution in [3.8, 4) is 0 Å². The van der Waals surface area contributed by atoms with E-state index in [1.54, 1.807) is 105 Å². The van der Waals surface area contributed by atoms with Crippen molar-refractivity contribution in [2.75, 3.05) is 83.6 Å². The summed E-state index contributed by atoms with van der Waals surface area (Å²) in [5.74, 6) is 1.24. The fourth-order valence-electron chi connectivity index (χ4n) is 15.1. The molecule has 7 amide bonds. The Balaban J connectivity index is 0.000000163. The third-order valence-electron chi connectivity index (χ3n) is 22.7. The molecule has 0 saturated heterocycles. The van der Waals surface area contributed by atoms with E-state index >= 15 is 0 Å². The van der Waals surface area contributed by atoms with Crippen LogP contribution < -0.4 is 69.5 Å². The quantitative estimate of drug-likeness (QED) is 0.0138. The molecule has 146 heavy (non-hydrogen) atoms. The van der Waals surface area contributed by atoms with Crippen LogP contribution in [0, 0.1) is 55.4 Å². The van der Waals surface area contributed by atoms with Gasteiger partial charge in [-0.15, -0.1) is 0 Å². The van der Waals surface area contributed by atoms with Gasteiger partial charge in [-0.2, -0.15) is 0 Å². The van der Waals surface area contributed by atoms with Crippen molar-refractivity contribution in [3.63, 3.8) is 0 Å². The van der Waals surface area contributed by atoms with Crippen molar-refractivity contribution < 1.29 is 38.1 Å². The highest BCUT2D eigenvalue weighted by Gasteiger charge is 2.21. The third-order valence-corrected chi connectivity index (χ3v) is 22.7. The Morgan fingerprint density at radius 1 is 0.295 bits per heavy atom. The minimum atomic E-state index is -0.308.